The zero-order valence-corrected chi connectivity index (χ0v) is 22.3. The first-order chi connectivity index (χ1) is 18.2. The van der Waals surface area contributed by atoms with E-state index in [-0.39, 0.29) is 6.04 Å². The molecular formula is C29H33F2N7. The van der Waals surface area contributed by atoms with Crippen molar-refractivity contribution in [3.05, 3.63) is 71.3 Å². The topological polar surface area (TPSA) is 71.8 Å². The molecule has 7 nitrogen and oxygen atoms in total. The number of aryl methyl sites for hydroxylation is 1. The predicted octanol–water partition coefficient (Wildman–Crippen LogP) is 4.83. The summed E-state index contributed by atoms with van der Waals surface area (Å²) in [7, 11) is 0. The Kier molecular flexibility index (Phi) is 6.23. The number of imidazole rings is 1. The summed E-state index contributed by atoms with van der Waals surface area (Å²) in [4.78, 5) is 20.3. The first-order valence-corrected chi connectivity index (χ1v) is 13.3. The van der Waals surface area contributed by atoms with Crippen molar-refractivity contribution in [3.8, 4) is 11.1 Å². The molecule has 2 saturated heterocycles. The third kappa shape index (κ3) is 4.37. The summed E-state index contributed by atoms with van der Waals surface area (Å²) in [6, 6.07) is 5.51. The van der Waals surface area contributed by atoms with Gasteiger partial charge in [0.25, 0.3) is 0 Å². The Bertz CT molecular complexity index is 1500. The van der Waals surface area contributed by atoms with Gasteiger partial charge in [0.05, 0.1) is 18.1 Å². The summed E-state index contributed by atoms with van der Waals surface area (Å²) in [5.41, 5.74) is 3.77. The molecule has 4 aromatic rings. The number of nitrogens with one attached hydrogen (secondary N) is 1. The molecule has 0 radical (unpaired) electrons. The zero-order valence-electron chi connectivity index (χ0n) is 22.3. The van der Waals surface area contributed by atoms with E-state index in [1.807, 2.05) is 37.7 Å². The van der Waals surface area contributed by atoms with Gasteiger partial charge in [-0.2, -0.15) is 0 Å². The van der Waals surface area contributed by atoms with Crippen molar-refractivity contribution in [2.75, 3.05) is 19.6 Å². The van der Waals surface area contributed by atoms with Crippen LogP contribution in [0.4, 0.5) is 8.78 Å². The lowest BCUT2D eigenvalue weighted by molar-refractivity contribution is -0.0852. The molecule has 198 valence electrons. The van der Waals surface area contributed by atoms with Gasteiger partial charge in [0.1, 0.15) is 23.0 Å². The van der Waals surface area contributed by atoms with Crippen LogP contribution in [0.3, 0.4) is 0 Å². The molecule has 0 aliphatic carbocycles. The predicted molar refractivity (Wildman–Crippen MR) is 143 cm³/mol. The molecule has 0 bridgehead atoms. The van der Waals surface area contributed by atoms with E-state index in [9.17, 15) is 8.78 Å². The van der Waals surface area contributed by atoms with E-state index in [0.29, 0.717) is 51.6 Å². The standard InChI is InChI=1S/C29H33F2N7/c1-17(2)38-18(3)36-28-23(30)7-20(8-25(28)38)22-9-21(33-13-24(22)31)10-27-34-11-19(12-35-27)14-37-16-29(4)15-32-6-5-26(29)37/h7-9,11-13,17,26,32H,5-6,10,14-16H2,1-4H3/t26-,29-/m0/s1. The van der Waals surface area contributed by atoms with Gasteiger partial charge in [-0.1, -0.05) is 6.92 Å². The molecule has 0 unspecified atom stereocenters. The van der Waals surface area contributed by atoms with Gasteiger partial charge in [-0.15, -0.1) is 0 Å². The molecule has 6 rings (SSSR count). The largest absolute Gasteiger partial charge is 0.326 e. The van der Waals surface area contributed by atoms with Crippen molar-refractivity contribution in [1.82, 2.24) is 34.7 Å². The van der Waals surface area contributed by atoms with Crippen LogP contribution in [0.5, 0.6) is 0 Å². The summed E-state index contributed by atoms with van der Waals surface area (Å²) in [6.45, 7) is 12.3. The van der Waals surface area contributed by atoms with Gasteiger partial charge in [-0.25, -0.2) is 23.7 Å². The molecule has 38 heavy (non-hydrogen) atoms. The van der Waals surface area contributed by atoms with E-state index in [1.165, 1.54) is 18.7 Å². The fourth-order valence-corrected chi connectivity index (χ4v) is 6.32. The highest BCUT2D eigenvalue weighted by atomic mass is 19.1. The van der Waals surface area contributed by atoms with Crippen LogP contribution in [0.2, 0.25) is 0 Å². The highest BCUT2D eigenvalue weighted by Crippen LogP contribution is 2.41. The molecule has 2 aliphatic heterocycles. The van der Waals surface area contributed by atoms with Crippen LogP contribution in [0.15, 0.2) is 36.8 Å². The van der Waals surface area contributed by atoms with Crippen molar-refractivity contribution in [2.45, 2.75) is 59.2 Å². The molecule has 2 fully saturated rings. The van der Waals surface area contributed by atoms with Crippen molar-refractivity contribution in [3.63, 3.8) is 0 Å². The minimum Gasteiger partial charge on any atom is -0.326 e. The van der Waals surface area contributed by atoms with Gasteiger partial charge in [-0.3, -0.25) is 9.88 Å². The smallest absolute Gasteiger partial charge is 0.151 e. The normalized spacial score (nSPS) is 21.6. The summed E-state index contributed by atoms with van der Waals surface area (Å²) < 4.78 is 31.9. The molecule has 2 aliphatic rings. The lowest BCUT2D eigenvalue weighted by Gasteiger charge is -2.58. The second-order valence-corrected chi connectivity index (χ2v) is 11.3. The Balaban J connectivity index is 1.21. The summed E-state index contributed by atoms with van der Waals surface area (Å²) in [5.74, 6) is 0.366. The van der Waals surface area contributed by atoms with Crippen molar-refractivity contribution in [1.29, 1.82) is 0 Å². The number of nitrogens with zero attached hydrogens (tertiary/aromatic N) is 6. The molecule has 2 atom stereocenters. The number of hydrogen-bond donors (Lipinski definition) is 1. The van der Waals surface area contributed by atoms with Gasteiger partial charge >= 0.3 is 0 Å². The molecule has 5 heterocycles. The Morgan fingerprint density at radius 2 is 1.87 bits per heavy atom. The minimum absolute atomic E-state index is 0.0953. The van der Waals surface area contributed by atoms with Gasteiger partial charge in [0, 0.05) is 66.3 Å². The molecule has 1 N–H and O–H groups in total. The summed E-state index contributed by atoms with van der Waals surface area (Å²) >= 11 is 0. The quantitative estimate of drug-likeness (QED) is 0.395. The zero-order chi connectivity index (χ0) is 26.6. The average molecular weight is 518 g/mol. The van der Waals surface area contributed by atoms with E-state index in [2.05, 4.69) is 37.1 Å². The molecule has 0 spiro atoms. The van der Waals surface area contributed by atoms with E-state index in [0.717, 1.165) is 37.6 Å². The SMILES string of the molecule is Cc1nc2c(F)cc(-c3cc(Cc4ncc(CN5C[C@]6(C)CNCC[C@H]56)cn4)ncc3F)cc2n1C(C)C. The number of likely N-dealkylation sites (tertiary alicyclic amines) is 1. The van der Waals surface area contributed by atoms with Crippen molar-refractivity contribution in [2.24, 2.45) is 5.41 Å². The van der Waals surface area contributed by atoms with E-state index >= 15 is 0 Å². The maximum Gasteiger partial charge on any atom is 0.151 e. The molecule has 1 aromatic carbocycles. The number of halogens is 2. The van der Waals surface area contributed by atoms with Crippen LogP contribution < -0.4 is 5.32 Å². The Labute approximate surface area is 221 Å². The highest BCUT2D eigenvalue weighted by Gasteiger charge is 2.49. The lowest BCUT2D eigenvalue weighted by atomic mass is 9.69. The maximum atomic E-state index is 15.0. The number of fused-ring (bicyclic) bond motifs is 2. The number of aromatic nitrogens is 5. The monoisotopic (exact) mass is 517 g/mol. The van der Waals surface area contributed by atoms with Crippen LogP contribution in [-0.4, -0.2) is 55.1 Å². The van der Waals surface area contributed by atoms with Crippen LogP contribution in [0.1, 0.15) is 56.1 Å². The Hall–Kier alpha value is -3.30. The number of pyridine rings is 1. The molecule has 9 heteroatoms. The van der Waals surface area contributed by atoms with Gasteiger partial charge in [-0.05, 0) is 57.5 Å². The highest BCUT2D eigenvalue weighted by molar-refractivity contribution is 5.83. The average Bonchev–Trinajstić information content (AvgIpc) is 3.22. The molecular weight excluding hydrogens is 484 g/mol. The third-order valence-electron chi connectivity index (χ3n) is 8.08. The second-order valence-electron chi connectivity index (χ2n) is 11.3. The van der Waals surface area contributed by atoms with E-state index in [1.54, 1.807) is 12.1 Å². The van der Waals surface area contributed by atoms with E-state index in [4.69, 9.17) is 0 Å². The summed E-state index contributed by atoms with van der Waals surface area (Å²) in [6.07, 6.45) is 6.47. The third-order valence-corrected chi connectivity index (χ3v) is 8.08. The fraction of sp³-hybridized carbons (Fsp3) is 0.448. The minimum atomic E-state index is -0.504. The molecule has 3 aromatic heterocycles. The second kappa shape index (κ2) is 9.47. The number of rotatable bonds is 6. The van der Waals surface area contributed by atoms with Gasteiger partial charge in [0.2, 0.25) is 0 Å². The fourth-order valence-electron chi connectivity index (χ4n) is 6.32. The molecule has 0 amide bonds. The van der Waals surface area contributed by atoms with Crippen LogP contribution in [-0.2, 0) is 13.0 Å². The van der Waals surface area contributed by atoms with Crippen LogP contribution >= 0.6 is 0 Å². The van der Waals surface area contributed by atoms with Crippen molar-refractivity contribution >= 4 is 11.0 Å². The Morgan fingerprint density at radius 3 is 2.61 bits per heavy atom. The maximum absolute atomic E-state index is 15.0. The van der Waals surface area contributed by atoms with Crippen LogP contribution in [0.25, 0.3) is 22.2 Å². The Morgan fingerprint density at radius 1 is 1.08 bits per heavy atom. The van der Waals surface area contributed by atoms with Crippen molar-refractivity contribution < 1.29 is 8.78 Å². The first-order valence-electron chi connectivity index (χ1n) is 13.3. The van der Waals surface area contributed by atoms with E-state index < -0.39 is 11.6 Å². The van der Waals surface area contributed by atoms with Gasteiger partial charge in [0.15, 0.2) is 5.82 Å². The molecule has 0 saturated carbocycles. The number of hydrogen-bond acceptors (Lipinski definition) is 6. The first kappa shape index (κ1) is 25.0. The van der Waals surface area contributed by atoms with Gasteiger partial charge < -0.3 is 9.88 Å². The summed E-state index contributed by atoms with van der Waals surface area (Å²) in [5, 5.41) is 3.50. The number of benzene rings is 1. The number of piperidine rings is 1. The lowest BCUT2D eigenvalue weighted by Crippen LogP contribution is -2.69. The van der Waals surface area contributed by atoms with Crippen LogP contribution in [0, 0.1) is 24.0 Å².